The van der Waals surface area contributed by atoms with E-state index < -0.39 is 23.9 Å². The van der Waals surface area contributed by atoms with Crippen LogP contribution in [0.15, 0.2) is 24.3 Å². The topological polar surface area (TPSA) is 20.3 Å². The molecule has 0 bridgehead atoms. The Labute approximate surface area is 120 Å². The van der Waals surface area contributed by atoms with Gasteiger partial charge in [-0.1, -0.05) is 18.2 Å². The molecule has 1 unspecified atom stereocenters. The smallest absolute Gasteiger partial charge is 0.331 e. The number of benzene rings is 1. The first-order valence-corrected chi connectivity index (χ1v) is 6.99. The van der Waals surface area contributed by atoms with Gasteiger partial charge in [-0.15, -0.1) is 0 Å². The normalized spacial score (nSPS) is 19.6. The fourth-order valence-corrected chi connectivity index (χ4v) is 2.66. The third-order valence-electron chi connectivity index (χ3n) is 3.77. The average Bonchev–Trinajstić information content (AvgIpc) is 2.45. The van der Waals surface area contributed by atoms with Crippen molar-refractivity contribution in [2.24, 2.45) is 0 Å². The minimum atomic E-state index is -4.39. The van der Waals surface area contributed by atoms with Crippen LogP contribution in [0.3, 0.4) is 0 Å². The molecule has 1 amide bonds. The molecule has 0 N–H and O–H groups in total. The Bertz CT molecular complexity index is 501. The maximum absolute atomic E-state index is 13.4. The number of alkyl halides is 3. The predicted molar refractivity (Wildman–Crippen MR) is 70.1 cm³/mol. The molecule has 116 valence electrons. The van der Waals surface area contributed by atoms with E-state index in [4.69, 9.17) is 0 Å². The highest BCUT2D eigenvalue weighted by atomic mass is 19.4. The minimum Gasteiger partial charge on any atom is -0.331 e. The molecule has 2 rings (SSSR count). The minimum absolute atomic E-state index is 0.0467. The Kier molecular flexibility index (Phi) is 4.85. The molecule has 1 aliphatic heterocycles. The first-order valence-electron chi connectivity index (χ1n) is 6.99. The summed E-state index contributed by atoms with van der Waals surface area (Å²) in [6, 6.07) is 4.30. The average molecular weight is 303 g/mol. The highest BCUT2D eigenvalue weighted by Crippen LogP contribution is 2.32. The van der Waals surface area contributed by atoms with Crippen molar-refractivity contribution in [3.05, 3.63) is 35.6 Å². The van der Waals surface area contributed by atoms with Crippen molar-refractivity contribution in [3.8, 4) is 0 Å². The fourth-order valence-electron chi connectivity index (χ4n) is 2.66. The lowest BCUT2D eigenvalue weighted by Crippen LogP contribution is -2.51. The number of amides is 1. The summed E-state index contributed by atoms with van der Waals surface area (Å²) in [5.41, 5.74) is 0.353. The van der Waals surface area contributed by atoms with E-state index in [1.165, 1.54) is 12.1 Å². The molecule has 1 saturated heterocycles. The third-order valence-corrected chi connectivity index (χ3v) is 3.77. The molecule has 0 radical (unpaired) electrons. The van der Waals surface area contributed by atoms with E-state index in [2.05, 4.69) is 0 Å². The first kappa shape index (κ1) is 15.8. The van der Waals surface area contributed by atoms with Crippen LogP contribution >= 0.6 is 0 Å². The van der Waals surface area contributed by atoms with Crippen LogP contribution in [0.25, 0.3) is 0 Å². The van der Waals surface area contributed by atoms with Crippen LogP contribution < -0.4 is 0 Å². The molecule has 0 saturated carbocycles. The Balaban J connectivity index is 2.00. The molecular weight excluding hydrogens is 286 g/mol. The van der Waals surface area contributed by atoms with Crippen LogP contribution in [0, 0.1) is 5.82 Å². The zero-order valence-electron chi connectivity index (χ0n) is 11.5. The highest BCUT2D eigenvalue weighted by Gasteiger charge is 2.45. The quantitative estimate of drug-likeness (QED) is 0.780. The van der Waals surface area contributed by atoms with E-state index in [0.29, 0.717) is 18.4 Å². The summed E-state index contributed by atoms with van der Waals surface area (Å²) in [6.07, 6.45) is -3.37. The van der Waals surface area contributed by atoms with Crippen molar-refractivity contribution >= 4 is 5.91 Å². The number of carbonyl (C=O) groups excluding carboxylic acids is 1. The number of hydrogen-bond acceptors (Lipinski definition) is 1. The lowest BCUT2D eigenvalue weighted by atomic mass is 10.00. The summed E-state index contributed by atoms with van der Waals surface area (Å²) in [4.78, 5) is 13.0. The van der Waals surface area contributed by atoms with Crippen LogP contribution in [0.1, 0.15) is 31.2 Å². The van der Waals surface area contributed by atoms with Crippen molar-refractivity contribution in [2.75, 3.05) is 6.54 Å². The van der Waals surface area contributed by atoms with E-state index >= 15 is 0 Å². The number of halogens is 4. The molecule has 6 heteroatoms. The van der Waals surface area contributed by atoms with Gasteiger partial charge in [0, 0.05) is 13.0 Å². The highest BCUT2D eigenvalue weighted by molar-refractivity contribution is 5.77. The summed E-state index contributed by atoms with van der Waals surface area (Å²) in [6.45, 7) is 0.125. The Hall–Kier alpha value is -1.59. The monoisotopic (exact) mass is 303 g/mol. The Morgan fingerprint density at radius 3 is 2.62 bits per heavy atom. The van der Waals surface area contributed by atoms with Crippen LogP contribution in [0.2, 0.25) is 0 Å². The van der Waals surface area contributed by atoms with Crippen LogP contribution in [-0.2, 0) is 11.2 Å². The number of nitrogens with zero attached hydrogens (tertiary/aromatic N) is 1. The number of aryl methyl sites for hydroxylation is 1. The summed E-state index contributed by atoms with van der Waals surface area (Å²) in [5, 5.41) is 0. The van der Waals surface area contributed by atoms with E-state index in [-0.39, 0.29) is 25.8 Å². The maximum Gasteiger partial charge on any atom is 0.408 e. The van der Waals surface area contributed by atoms with Crippen molar-refractivity contribution in [3.63, 3.8) is 0 Å². The molecule has 1 aliphatic rings. The number of likely N-dealkylation sites (tertiary alicyclic amines) is 1. The number of hydrogen-bond donors (Lipinski definition) is 0. The predicted octanol–water partition coefficient (Wildman–Crippen LogP) is 3.70. The van der Waals surface area contributed by atoms with Gasteiger partial charge in [-0.3, -0.25) is 4.79 Å². The number of carbonyl (C=O) groups is 1. The third kappa shape index (κ3) is 3.95. The molecule has 2 nitrogen and oxygen atoms in total. The van der Waals surface area contributed by atoms with Crippen molar-refractivity contribution in [1.82, 2.24) is 4.90 Å². The van der Waals surface area contributed by atoms with Gasteiger partial charge in [-0.2, -0.15) is 13.2 Å². The van der Waals surface area contributed by atoms with E-state index in [1.54, 1.807) is 12.1 Å². The second-order valence-corrected chi connectivity index (χ2v) is 5.23. The van der Waals surface area contributed by atoms with E-state index in [1.807, 2.05) is 0 Å². The molecule has 1 heterocycles. The SMILES string of the molecule is O=C(CCc1ccccc1F)N1CCCCC1C(F)(F)F. The number of piperidine rings is 1. The largest absolute Gasteiger partial charge is 0.408 e. The van der Waals surface area contributed by atoms with Gasteiger partial charge in [-0.05, 0) is 37.3 Å². The summed E-state index contributed by atoms with van der Waals surface area (Å²) in [5.74, 6) is -0.989. The zero-order valence-corrected chi connectivity index (χ0v) is 11.5. The van der Waals surface area contributed by atoms with Gasteiger partial charge in [0.05, 0.1) is 0 Å². The Morgan fingerprint density at radius 1 is 1.24 bits per heavy atom. The van der Waals surface area contributed by atoms with E-state index in [0.717, 1.165) is 4.90 Å². The van der Waals surface area contributed by atoms with Crippen molar-refractivity contribution in [1.29, 1.82) is 0 Å². The molecule has 21 heavy (non-hydrogen) atoms. The van der Waals surface area contributed by atoms with Gasteiger partial charge < -0.3 is 4.90 Å². The molecule has 0 spiro atoms. The van der Waals surface area contributed by atoms with Gasteiger partial charge in [0.2, 0.25) is 5.91 Å². The van der Waals surface area contributed by atoms with Gasteiger partial charge in [0.25, 0.3) is 0 Å². The zero-order chi connectivity index (χ0) is 15.5. The van der Waals surface area contributed by atoms with Gasteiger partial charge in [0.1, 0.15) is 11.9 Å². The standard InChI is InChI=1S/C15H17F4NO/c16-12-6-2-1-5-11(12)8-9-14(21)20-10-4-3-7-13(20)15(17,18)19/h1-2,5-6,13H,3-4,7-10H2. The molecule has 0 aliphatic carbocycles. The summed E-state index contributed by atoms with van der Waals surface area (Å²) in [7, 11) is 0. The van der Waals surface area contributed by atoms with Gasteiger partial charge in [0.15, 0.2) is 0 Å². The van der Waals surface area contributed by atoms with Crippen LogP contribution in [-0.4, -0.2) is 29.6 Å². The maximum atomic E-state index is 13.4. The van der Waals surface area contributed by atoms with E-state index in [9.17, 15) is 22.4 Å². The van der Waals surface area contributed by atoms with Gasteiger partial charge in [-0.25, -0.2) is 4.39 Å². The first-order chi connectivity index (χ1) is 9.89. The Morgan fingerprint density at radius 2 is 1.95 bits per heavy atom. The molecular formula is C15H17F4NO. The lowest BCUT2D eigenvalue weighted by molar-refractivity contribution is -0.195. The fraction of sp³-hybridized carbons (Fsp3) is 0.533. The van der Waals surface area contributed by atoms with Crippen LogP contribution in [0.4, 0.5) is 17.6 Å². The summed E-state index contributed by atoms with van der Waals surface area (Å²) < 4.78 is 52.2. The second kappa shape index (κ2) is 6.45. The number of rotatable bonds is 3. The van der Waals surface area contributed by atoms with Gasteiger partial charge >= 0.3 is 6.18 Å². The van der Waals surface area contributed by atoms with Crippen molar-refractivity contribution < 1.29 is 22.4 Å². The lowest BCUT2D eigenvalue weighted by Gasteiger charge is -2.36. The molecule has 0 aromatic heterocycles. The van der Waals surface area contributed by atoms with Crippen LogP contribution in [0.5, 0.6) is 0 Å². The molecule has 1 fully saturated rings. The summed E-state index contributed by atoms with van der Waals surface area (Å²) >= 11 is 0. The molecule has 1 aromatic carbocycles. The molecule has 1 aromatic rings. The molecule has 1 atom stereocenters. The second-order valence-electron chi connectivity index (χ2n) is 5.23. The van der Waals surface area contributed by atoms with Crippen molar-refractivity contribution in [2.45, 2.75) is 44.3 Å².